The van der Waals surface area contributed by atoms with Crippen molar-refractivity contribution >= 4 is 60.2 Å². The van der Waals surface area contributed by atoms with Crippen LogP contribution in [-0.2, 0) is 66.8 Å². The maximum absolute atomic E-state index is 13.6. The summed E-state index contributed by atoms with van der Waals surface area (Å²) in [6.45, 7) is 12.5. The fourth-order valence-corrected chi connectivity index (χ4v) is 9.30. The Morgan fingerprint density at radius 2 is 0.787 bits per heavy atom. The molecule has 0 N–H and O–H groups in total. The standard InChI is InChI=1S/C60H78O20/c1-6-38(4)35-75-59(69)48-33-46(25-27-50(48)79-57(67)44-17-13-40(14-18-44)53(63)73-31-10-9-29-71-37-61)77-55(65)42-21-23-43(24-22-42)56(66)78-47-26-28-51(49(34-47)60(70)76-36-39(5)7-2)80-58(68)45-19-15-41(16-20-45)54(64)74-32-12-11-30-72-52(62)8-3/h8,25-28,33-34,37-45H,3,6-7,9-24,29-32,35-36H2,1-2,4-5H3. The van der Waals surface area contributed by atoms with E-state index in [-0.39, 0.29) is 135 Å². The second-order valence-corrected chi connectivity index (χ2v) is 21.0. The number of esters is 9. The highest BCUT2D eigenvalue weighted by Crippen LogP contribution is 2.37. The maximum Gasteiger partial charge on any atom is 0.342 e. The lowest BCUT2D eigenvalue weighted by Crippen LogP contribution is -2.30. The Labute approximate surface area is 467 Å². The second-order valence-electron chi connectivity index (χ2n) is 21.0. The molecule has 5 rings (SSSR count). The monoisotopic (exact) mass is 1120 g/mol. The minimum atomic E-state index is -0.773. The lowest BCUT2D eigenvalue weighted by atomic mass is 9.82. The van der Waals surface area contributed by atoms with Crippen molar-refractivity contribution in [1.29, 1.82) is 0 Å². The Balaban J connectivity index is 1.13. The van der Waals surface area contributed by atoms with Crippen molar-refractivity contribution in [2.75, 3.05) is 39.6 Å². The van der Waals surface area contributed by atoms with Gasteiger partial charge in [-0.3, -0.25) is 33.6 Å². The fourth-order valence-electron chi connectivity index (χ4n) is 9.30. The minimum Gasteiger partial charge on any atom is -0.468 e. The molecule has 0 radical (unpaired) electrons. The van der Waals surface area contributed by atoms with Crippen molar-refractivity contribution in [3.8, 4) is 23.0 Å². The molecule has 3 fully saturated rings. The zero-order valence-corrected chi connectivity index (χ0v) is 46.6. The van der Waals surface area contributed by atoms with Gasteiger partial charge in [0.05, 0.1) is 75.1 Å². The molecule has 2 atom stereocenters. The molecule has 2 aromatic rings. The van der Waals surface area contributed by atoms with Gasteiger partial charge < -0.3 is 47.4 Å². The number of carbonyl (C=O) groups is 10. The van der Waals surface area contributed by atoms with Crippen LogP contribution in [0.4, 0.5) is 0 Å². The summed E-state index contributed by atoms with van der Waals surface area (Å²) in [6.07, 6.45) is 8.92. The first-order valence-corrected chi connectivity index (χ1v) is 28.2. The fraction of sp³-hybridized carbons (Fsp3) is 0.600. The van der Waals surface area contributed by atoms with E-state index in [4.69, 9.17) is 42.6 Å². The number of hydrogen-bond donors (Lipinski definition) is 0. The molecule has 0 aromatic heterocycles. The molecule has 3 aliphatic carbocycles. The van der Waals surface area contributed by atoms with E-state index in [0.717, 1.165) is 18.9 Å². The number of unbranched alkanes of at least 4 members (excludes halogenated alkanes) is 2. The number of carbonyl (C=O) groups excluding carboxylic acids is 10. The molecule has 20 nitrogen and oxygen atoms in total. The Morgan fingerprint density at radius 1 is 0.463 bits per heavy atom. The van der Waals surface area contributed by atoms with Crippen LogP contribution in [0, 0.1) is 47.3 Å². The van der Waals surface area contributed by atoms with Crippen molar-refractivity contribution in [3.05, 3.63) is 60.2 Å². The van der Waals surface area contributed by atoms with Gasteiger partial charge in [-0.2, -0.15) is 0 Å². The Bertz CT molecular complexity index is 2440. The number of hydrogen-bond acceptors (Lipinski definition) is 20. The lowest BCUT2D eigenvalue weighted by Gasteiger charge is -2.26. The first-order chi connectivity index (χ1) is 38.5. The van der Waals surface area contributed by atoms with Gasteiger partial charge in [-0.1, -0.05) is 47.1 Å². The van der Waals surface area contributed by atoms with E-state index in [0.29, 0.717) is 83.5 Å². The van der Waals surface area contributed by atoms with Gasteiger partial charge in [0.2, 0.25) is 0 Å². The number of ether oxygens (including phenoxy) is 10. The summed E-state index contributed by atoms with van der Waals surface area (Å²) in [6, 6.07) is 8.17. The zero-order chi connectivity index (χ0) is 58.0. The predicted molar refractivity (Wildman–Crippen MR) is 285 cm³/mol. The molecule has 438 valence electrons. The van der Waals surface area contributed by atoms with E-state index in [2.05, 4.69) is 11.3 Å². The summed E-state index contributed by atoms with van der Waals surface area (Å²) in [4.78, 5) is 128. The van der Waals surface area contributed by atoms with E-state index < -0.39 is 65.5 Å². The van der Waals surface area contributed by atoms with Gasteiger partial charge in [0.1, 0.15) is 34.1 Å². The van der Waals surface area contributed by atoms with E-state index in [1.54, 1.807) is 0 Å². The van der Waals surface area contributed by atoms with Crippen LogP contribution in [0.3, 0.4) is 0 Å². The average molecular weight is 1120 g/mol. The Hall–Kier alpha value is -7.12. The van der Waals surface area contributed by atoms with Crippen molar-refractivity contribution in [2.45, 2.75) is 143 Å². The molecule has 2 aromatic carbocycles. The zero-order valence-electron chi connectivity index (χ0n) is 46.6. The molecule has 0 amide bonds. The third-order valence-corrected chi connectivity index (χ3v) is 14.9. The summed E-state index contributed by atoms with van der Waals surface area (Å²) in [5, 5.41) is 0. The first kappa shape index (κ1) is 63.7. The van der Waals surface area contributed by atoms with Crippen molar-refractivity contribution in [3.63, 3.8) is 0 Å². The number of benzene rings is 2. The van der Waals surface area contributed by atoms with E-state index in [9.17, 15) is 47.9 Å². The largest absolute Gasteiger partial charge is 0.468 e. The van der Waals surface area contributed by atoms with Crippen LogP contribution in [0.15, 0.2) is 49.1 Å². The molecular formula is C60H78O20. The summed E-state index contributed by atoms with van der Waals surface area (Å²) in [7, 11) is 0. The molecule has 0 saturated heterocycles. The molecule has 2 unspecified atom stereocenters. The summed E-state index contributed by atoms with van der Waals surface area (Å²) >= 11 is 0. The van der Waals surface area contributed by atoms with E-state index in [1.807, 2.05) is 27.7 Å². The van der Waals surface area contributed by atoms with Crippen molar-refractivity contribution in [2.24, 2.45) is 47.3 Å². The van der Waals surface area contributed by atoms with E-state index in [1.165, 1.54) is 36.4 Å². The van der Waals surface area contributed by atoms with Gasteiger partial charge in [-0.15, -0.1) is 0 Å². The smallest absolute Gasteiger partial charge is 0.342 e. The summed E-state index contributed by atoms with van der Waals surface area (Å²) in [5.74, 6) is -8.14. The molecule has 3 aliphatic rings. The van der Waals surface area contributed by atoms with Crippen LogP contribution in [0.5, 0.6) is 23.0 Å². The summed E-state index contributed by atoms with van der Waals surface area (Å²) in [5.41, 5.74) is -0.220. The first-order valence-electron chi connectivity index (χ1n) is 28.2. The molecule has 0 bridgehead atoms. The van der Waals surface area contributed by atoms with Gasteiger partial charge in [-0.05, 0) is 151 Å². The average Bonchev–Trinajstić information content (AvgIpc) is 3.52. The second kappa shape index (κ2) is 33.5. The lowest BCUT2D eigenvalue weighted by molar-refractivity contribution is -0.152. The highest BCUT2D eigenvalue weighted by atomic mass is 16.6. The third-order valence-electron chi connectivity index (χ3n) is 14.9. The highest BCUT2D eigenvalue weighted by molar-refractivity contribution is 5.95. The number of rotatable bonds is 30. The Kier molecular flexibility index (Phi) is 26.7. The minimum absolute atomic E-state index is 0.0217. The van der Waals surface area contributed by atoms with Crippen LogP contribution in [0.2, 0.25) is 0 Å². The third kappa shape index (κ3) is 20.5. The quantitative estimate of drug-likeness (QED) is 0.0176. The molecule has 0 aliphatic heterocycles. The van der Waals surface area contributed by atoms with Crippen LogP contribution < -0.4 is 18.9 Å². The molecule has 0 heterocycles. The van der Waals surface area contributed by atoms with Crippen LogP contribution >= 0.6 is 0 Å². The normalized spacial score (nSPS) is 20.4. The molecule has 80 heavy (non-hydrogen) atoms. The SMILES string of the molecule is C=CC(=O)OCCCCOC(=O)C1CCC(C(=O)Oc2ccc(OC(=O)C3CCC(C(=O)Oc4ccc(OC(=O)C5CCC(C(=O)OCCCCOC=O)CC5)c(C(=O)OCC(C)CC)c4)CC3)cc2C(=O)OCC(C)CC)CC1. The maximum atomic E-state index is 13.6. The van der Waals surface area contributed by atoms with Crippen LogP contribution in [0.1, 0.15) is 164 Å². The molecular weight excluding hydrogens is 1040 g/mol. The van der Waals surface area contributed by atoms with Gasteiger partial charge >= 0.3 is 53.7 Å². The highest BCUT2D eigenvalue weighted by Gasteiger charge is 2.36. The molecule has 3 saturated carbocycles. The van der Waals surface area contributed by atoms with Gasteiger partial charge in [-0.25, -0.2) is 14.4 Å². The molecule has 20 heteroatoms. The van der Waals surface area contributed by atoms with E-state index >= 15 is 0 Å². The molecule has 0 spiro atoms. The van der Waals surface area contributed by atoms with Crippen LogP contribution in [0.25, 0.3) is 0 Å². The summed E-state index contributed by atoms with van der Waals surface area (Å²) < 4.78 is 54.6. The van der Waals surface area contributed by atoms with Gasteiger partial charge in [0, 0.05) is 6.08 Å². The van der Waals surface area contributed by atoms with Gasteiger partial charge in [0.25, 0.3) is 6.47 Å². The predicted octanol–water partition coefficient (Wildman–Crippen LogP) is 9.38. The Morgan fingerprint density at radius 3 is 1.12 bits per heavy atom. The van der Waals surface area contributed by atoms with Gasteiger partial charge in [0.15, 0.2) is 0 Å². The van der Waals surface area contributed by atoms with Crippen LogP contribution in [-0.4, -0.2) is 99.8 Å². The van der Waals surface area contributed by atoms with Crippen molar-refractivity contribution in [1.82, 2.24) is 0 Å². The topological polar surface area (TPSA) is 263 Å². The van der Waals surface area contributed by atoms with Crippen molar-refractivity contribution < 1.29 is 95.3 Å².